The molecule has 172 valence electrons. The van der Waals surface area contributed by atoms with Crippen LogP contribution in [0.3, 0.4) is 0 Å². The summed E-state index contributed by atoms with van der Waals surface area (Å²) in [6.07, 6.45) is 2.16. The molecule has 0 aliphatic carbocycles. The summed E-state index contributed by atoms with van der Waals surface area (Å²) in [5, 5.41) is 3.67. The molecule has 0 aromatic heterocycles. The fourth-order valence-corrected chi connectivity index (χ4v) is 4.10. The van der Waals surface area contributed by atoms with Crippen LogP contribution in [0.25, 0.3) is 0 Å². The van der Waals surface area contributed by atoms with Crippen molar-refractivity contribution in [2.45, 2.75) is 45.9 Å². The Morgan fingerprint density at radius 2 is 1.69 bits per heavy atom. The average Bonchev–Trinajstić information content (AvgIpc) is 2.78. The molecule has 3 aromatic carbocycles. The molecule has 1 N–H and O–H groups in total. The van der Waals surface area contributed by atoms with E-state index in [0.29, 0.717) is 30.2 Å². The summed E-state index contributed by atoms with van der Waals surface area (Å²) in [6, 6.07) is 21.4. The largest absolute Gasteiger partial charge is 0.490 e. The molecule has 1 unspecified atom stereocenters. The summed E-state index contributed by atoms with van der Waals surface area (Å²) in [6.45, 7) is 5.48. The van der Waals surface area contributed by atoms with Crippen LogP contribution in [-0.4, -0.2) is 6.61 Å². The van der Waals surface area contributed by atoms with Crippen LogP contribution in [0.1, 0.15) is 49.4 Å². The third kappa shape index (κ3) is 7.22. The Morgan fingerprint density at radius 3 is 2.38 bits per heavy atom. The van der Waals surface area contributed by atoms with Gasteiger partial charge < -0.3 is 14.8 Å². The van der Waals surface area contributed by atoms with E-state index in [2.05, 4.69) is 52.4 Å². The molecule has 0 fully saturated rings. The average molecular weight is 523 g/mol. The van der Waals surface area contributed by atoms with E-state index < -0.39 is 0 Å². The zero-order chi connectivity index (χ0) is 22.1. The highest BCUT2D eigenvalue weighted by atomic mass is 79.9. The van der Waals surface area contributed by atoms with Crippen LogP contribution in [-0.2, 0) is 13.2 Å². The van der Waals surface area contributed by atoms with Crippen LogP contribution < -0.4 is 14.8 Å². The van der Waals surface area contributed by atoms with Gasteiger partial charge in [-0.3, -0.25) is 0 Å². The predicted molar refractivity (Wildman–Crippen MR) is 134 cm³/mol. The number of halogens is 3. The van der Waals surface area contributed by atoms with Gasteiger partial charge in [0.05, 0.1) is 11.1 Å². The minimum absolute atomic E-state index is 0. The molecule has 0 amide bonds. The van der Waals surface area contributed by atoms with Crippen molar-refractivity contribution in [3.05, 3.63) is 93.7 Å². The Bertz CT molecular complexity index is 971. The van der Waals surface area contributed by atoms with Gasteiger partial charge in [0.1, 0.15) is 12.4 Å². The van der Waals surface area contributed by atoms with E-state index in [1.54, 1.807) is 18.2 Å². The summed E-state index contributed by atoms with van der Waals surface area (Å²) in [7, 11) is 0. The van der Waals surface area contributed by atoms with E-state index in [0.717, 1.165) is 22.9 Å². The number of hydrogen-bond donors (Lipinski definition) is 1. The Hall–Kier alpha value is -2.08. The predicted octanol–water partition coefficient (Wildman–Crippen LogP) is 7.62. The maximum Gasteiger partial charge on any atom is 0.175 e. The topological polar surface area (TPSA) is 30.5 Å². The summed E-state index contributed by atoms with van der Waals surface area (Å²) < 4.78 is 26.5. The monoisotopic (exact) mass is 521 g/mol. The lowest BCUT2D eigenvalue weighted by Gasteiger charge is -2.20. The molecule has 0 bridgehead atoms. The van der Waals surface area contributed by atoms with Crippen molar-refractivity contribution < 1.29 is 13.9 Å². The van der Waals surface area contributed by atoms with Gasteiger partial charge in [0.25, 0.3) is 0 Å². The van der Waals surface area contributed by atoms with Crippen LogP contribution in [0.2, 0.25) is 0 Å². The molecule has 0 aliphatic rings. The second kappa shape index (κ2) is 13.5. The Morgan fingerprint density at radius 1 is 0.969 bits per heavy atom. The van der Waals surface area contributed by atoms with Gasteiger partial charge in [-0.2, -0.15) is 0 Å². The SMILES string of the molecule is CCCC(NCc1cc(Br)c(OCc2ccccc2F)c(OCC)c1)c1ccccc1.Cl. The smallest absolute Gasteiger partial charge is 0.175 e. The van der Waals surface area contributed by atoms with Crippen molar-refractivity contribution in [3.8, 4) is 11.5 Å². The number of benzene rings is 3. The van der Waals surface area contributed by atoms with Crippen LogP contribution in [0.4, 0.5) is 4.39 Å². The van der Waals surface area contributed by atoms with E-state index in [1.165, 1.54) is 11.6 Å². The van der Waals surface area contributed by atoms with E-state index in [1.807, 2.05) is 25.1 Å². The Labute approximate surface area is 204 Å². The molecule has 3 aromatic rings. The lowest BCUT2D eigenvalue weighted by Crippen LogP contribution is -2.21. The highest BCUT2D eigenvalue weighted by molar-refractivity contribution is 9.10. The van der Waals surface area contributed by atoms with Gasteiger partial charge in [-0.25, -0.2) is 4.39 Å². The van der Waals surface area contributed by atoms with E-state index in [9.17, 15) is 4.39 Å². The van der Waals surface area contributed by atoms with E-state index in [-0.39, 0.29) is 30.9 Å². The minimum atomic E-state index is -0.278. The number of nitrogens with one attached hydrogen (secondary N) is 1. The molecular weight excluding hydrogens is 493 g/mol. The first-order chi connectivity index (χ1) is 15.1. The van der Waals surface area contributed by atoms with Gasteiger partial charge >= 0.3 is 0 Å². The lowest BCUT2D eigenvalue weighted by molar-refractivity contribution is 0.264. The first kappa shape index (κ1) is 26.2. The molecule has 0 saturated carbocycles. The van der Waals surface area contributed by atoms with Crippen molar-refractivity contribution >= 4 is 28.3 Å². The standard InChI is InChI=1S/C26H29BrFNO2.ClH/c1-3-10-24(20-11-6-5-7-12-20)29-17-19-15-22(27)26(25(16-19)30-4-2)31-18-21-13-8-9-14-23(21)28;/h5-9,11-16,24,29H,3-4,10,17-18H2,1-2H3;1H. The van der Waals surface area contributed by atoms with Crippen LogP contribution >= 0.6 is 28.3 Å². The molecule has 0 saturated heterocycles. The summed E-state index contributed by atoms with van der Waals surface area (Å²) >= 11 is 3.62. The molecule has 1 atom stereocenters. The third-order valence-corrected chi connectivity index (χ3v) is 5.62. The highest BCUT2D eigenvalue weighted by Crippen LogP contribution is 2.38. The molecular formula is C26H30BrClFNO2. The van der Waals surface area contributed by atoms with Gasteiger partial charge in [0.15, 0.2) is 11.5 Å². The van der Waals surface area contributed by atoms with Gasteiger partial charge in [-0.1, -0.05) is 61.9 Å². The summed E-state index contributed by atoms with van der Waals surface area (Å²) in [4.78, 5) is 0. The van der Waals surface area contributed by atoms with Crippen LogP contribution in [0, 0.1) is 5.82 Å². The molecule has 3 nitrogen and oxygen atoms in total. The Balaban J connectivity index is 0.00000363. The fraction of sp³-hybridized carbons (Fsp3) is 0.308. The first-order valence-electron chi connectivity index (χ1n) is 10.7. The van der Waals surface area contributed by atoms with Gasteiger partial charge in [0.2, 0.25) is 0 Å². The van der Waals surface area contributed by atoms with Crippen LogP contribution in [0.5, 0.6) is 11.5 Å². The molecule has 6 heteroatoms. The molecule has 0 aliphatic heterocycles. The molecule has 0 heterocycles. The van der Waals surface area contributed by atoms with Crippen molar-refractivity contribution in [1.29, 1.82) is 0 Å². The maximum absolute atomic E-state index is 14.0. The summed E-state index contributed by atoms with van der Waals surface area (Å²) in [5.41, 5.74) is 2.89. The second-order valence-corrected chi connectivity index (χ2v) is 8.21. The number of hydrogen-bond acceptors (Lipinski definition) is 3. The second-order valence-electron chi connectivity index (χ2n) is 7.35. The zero-order valence-corrected chi connectivity index (χ0v) is 20.8. The van der Waals surface area contributed by atoms with Gasteiger partial charge in [-0.05, 0) is 58.6 Å². The van der Waals surface area contributed by atoms with E-state index in [4.69, 9.17) is 9.47 Å². The van der Waals surface area contributed by atoms with E-state index >= 15 is 0 Å². The van der Waals surface area contributed by atoms with Gasteiger partial charge in [-0.15, -0.1) is 12.4 Å². The molecule has 0 spiro atoms. The lowest BCUT2D eigenvalue weighted by atomic mass is 10.0. The maximum atomic E-state index is 14.0. The number of rotatable bonds is 11. The first-order valence-corrected chi connectivity index (χ1v) is 11.5. The molecule has 3 rings (SSSR count). The normalized spacial score (nSPS) is 11.5. The van der Waals surface area contributed by atoms with Crippen molar-refractivity contribution in [3.63, 3.8) is 0 Å². The van der Waals surface area contributed by atoms with Gasteiger partial charge in [0, 0.05) is 18.2 Å². The Kier molecular flexibility index (Phi) is 11.0. The van der Waals surface area contributed by atoms with Crippen molar-refractivity contribution in [2.75, 3.05) is 6.61 Å². The fourth-order valence-electron chi connectivity index (χ4n) is 3.49. The molecule has 32 heavy (non-hydrogen) atoms. The number of ether oxygens (including phenoxy) is 2. The van der Waals surface area contributed by atoms with Crippen LogP contribution in [0.15, 0.2) is 71.2 Å². The van der Waals surface area contributed by atoms with Crippen molar-refractivity contribution in [1.82, 2.24) is 5.32 Å². The molecule has 0 radical (unpaired) electrons. The highest BCUT2D eigenvalue weighted by Gasteiger charge is 2.15. The summed E-state index contributed by atoms with van der Waals surface area (Å²) in [5.74, 6) is 0.957. The zero-order valence-electron chi connectivity index (χ0n) is 18.4. The minimum Gasteiger partial charge on any atom is -0.490 e. The van der Waals surface area contributed by atoms with Crippen molar-refractivity contribution in [2.24, 2.45) is 0 Å². The third-order valence-electron chi connectivity index (χ3n) is 5.03. The quantitative estimate of drug-likeness (QED) is 0.281.